The first kappa shape index (κ1) is 15.6. The predicted octanol–water partition coefficient (Wildman–Crippen LogP) is 1.72. The lowest BCUT2D eigenvalue weighted by atomic mass is 10.1. The quantitative estimate of drug-likeness (QED) is 0.748. The molecule has 1 aliphatic heterocycles. The second-order valence-electron chi connectivity index (χ2n) is 5.50. The van der Waals surface area contributed by atoms with Crippen LogP contribution in [-0.2, 0) is 6.42 Å². The van der Waals surface area contributed by atoms with E-state index in [1.165, 1.54) is 19.3 Å². The van der Waals surface area contributed by atoms with Gasteiger partial charge in [-0.2, -0.15) is 0 Å². The van der Waals surface area contributed by atoms with Crippen LogP contribution in [0.1, 0.15) is 24.8 Å². The summed E-state index contributed by atoms with van der Waals surface area (Å²) in [6.07, 6.45) is 4.60. The smallest absolute Gasteiger partial charge is 0.314 e. The molecular formula is C16H25N3O2. The minimum Gasteiger partial charge on any atom is -0.508 e. The molecule has 3 N–H and O–H groups in total. The van der Waals surface area contributed by atoms with Crippen LogP contribution < -0.4 is 10.6 Å². The van der Waals surface area contributed by atoms with Gasteiger partial charge in [0.1, 0.15) is 5.75 Å². The van der Waals surface area contributed by atoms with E-state index in [9.17, 15) is 9.90 Å². The van der Waals surface area contributed by atoms with Crippen molar-refractivity contribution in [1.29, 1.82) is 0 Å². The molecule has 0 bridgehead atoms. The highest BCUT2D eigenvalue weighted by Gasteiger charge is 2.09. The van der Waals surface area contributed by atoms with Crippen LogP contribution in [0.15, 0.2) is 24.3 Å². The molecule has 0 aromatic heterocycles. The third-order valence-electron chi connectivity index (χ3n) is 3.77. The first-order valence-electron chi connectivity index (χ1n) is 7.76. The van der Waals surface area contributed by atoms with Crippen molar-refractivity contribution in [1.82, 2.24) is 15.5 Å². The summed E-state index contributed by atoms with van der Waals surface area (Å²) in [7, 11) is 0. The Morgan fingerprint density at radius 1 is 1.14 bits per heavy atom. The van der Waals surface area contributed by atoms with E-state index >= 15 is 0 Å². The van der Waals surface area contributed by atoms with Crippen molar-refractivity contribution in [3.63, 3.8) is 0 Å². The van der Waals surface area contributed by atoms with Crippen molar-refractivity contribution in [2.45, 2.75) is 25.7 Å². The number of urea groups is 1. The summed E-state index contributed by atoms with van der Waals surface area (Å²) in [4.78, 5) is 14.1. The molecule has 0 radical (unpaired) electrons. The van der Waals surface area contributed by atoms with Crippen molar-refractivity contribution < 1.29 is 9.90 Å². The number of hydrogen-bond donors (Lipinski definition) is 3. The molecule has 1 aromatic rings. The van der Waals surface area contributed by atoms with E-state index < -0.39 is 0 Å². The summed E-state index contributed by atoms with van der Waals surface area (Å²) in [5, 5.41) is 15.1. The van der Waals surface area contributed by atoms with Gasteiger partial charge in [-0.25, -0.2) is 4.79 Å². The first-order valence-corrected chi connectivity index (χ1v) is 7.76. The van der Waals surface area contributed by atoms with Gasteiger partial charge in [0.05, 0.1) is 0 Å². The Hall–Kier alpha value is -1.75. The topological polar surface area (TPSA) is 64.6 Å². The largest absolute Gasteiger partial charge is 0.508 e. The zero-order valence-electron chi connectivity index (χ0n) is 12.5. The molecule has 0 aliphatic carbocycles. The van der Waals surface area contributed by atoms with Crippen molar-refractivity contribution in [3.05, 3.63) is 29.8 Å². The van der Waals surface area contributed by atoms with E-state index in [4.69, 9.17) is 0 Å². The number of piperidine rings is 1. The van der Waals surface area contributed by atoms with Crippen LogP contribution in [0.5, 0.6) is 5.75 Å². The number of amides is 2. The van der Waals surface area contributed by atoms with Crippen LogP contribution in [0, 0.1) is 0 Å². The lowest BCUT2D eigenvalue weighted by Gasteiger charge is -2.26. The number of carbonyl (C=O) groups is 1. The standard InChI is InChI=1S/C16H25N3O2/c20-15-6-4-5-14(13-15)7-8-17-16(21)18-9-12-19-10-2-1-3-11-19/h4-6,13,20H,1-3,7-12H2,(H2,17,18,21). The lowest BCUT2D eigenvalue weighted by molar-refractivity contribution is 0.220. The fourth-order valence-electron chi connectivity index (χ4n) is 2.61. The molecule has 5 heteroatoms. The molecule has 2 rings (SSSR count). The Morgan fingerprint density at radius 2 is 1.90 bits per heavy atom. The van der Waals surface area contributed by atoms with Crippen LogP contribution in [0.25, 0.3) is 0 Å². The van der Waals surface area contributed by atoms with E-state index in [1.54, 1.807) is 12.1 Å². The first-order chi connectivity index (χ1) is 10.2. The Kier molecular flexibility index (Phi) is 6.34. The summed E-state index contributed by atoms with van der Waals surface area (Å²) in [6.45, 7) is 4.50. The number of rotatable bonds is 6. The van der Waals surface area contributed by atoms with Gasteiger partial charge >= 0.3 is 6.03 Å². The van der Waals surface area contributed by atoms with E-state index in [0.29, 0.717) is 19.5 Å². The maximum Gasteiger partial charge on any atom is 0.314 e. The summed E-state index contributed by atoms with van der Waals surface area (Å²) in [5.74, 6) is 0.262. The number of nitrogens with zero attached hydrogens (tertiary/aromatic N) is 1. The van der Waals surface area contributed by atoms with Gasteiger partial charge in [-0.1, -0.05) is 18.6 Å². The zero-order valence-corrected chi connectivity index (χ0v) is 12.5. The van der Waals surface area contributed by atoms with E-state index in [-0.39, 0.29) is 11.8 Å². The summed E-state index contributed by atoms with van der Waals surface area (Å²) < 4.78 is 0. The molecule has 1 fully saturated rings. The number of phenols is 1. The van der Waals surface area contributed by atoms with Gasteiger partial charge in [0.15, 0.2) is 0 Å². The molecule has 2 amide bonds. The van der Waals surface area contributed by atoms with Gasteiger partial charge in [0.2, 0.25) is 0 Å². The highest BCUT2D eigenvalue weighted by Crippen LogP contribution is 2.10. The molecule has 116 valence electrons. The number of benzene rings is 1. The monoisotopic (exact) mass is 291 g/mol. The Balaban J connectivity index is 1.55. The molecule has 1 heterocycles. The van der Waals surface area contributed by atoms with Gasteiger partial charge in [0, 0.05) is 19.6 Å². The highest BCUT2D eigenvalue weighted by molar-refractivity contribution is 5.73. The van der Waals surface area contributed by atoms with Crippen LogP contribution in [0.3, 0.4) is 0 Å². The summed E-state index contributed by atoms with van der Waals surface area (Å²) in [5.41, 5.74) is 1.02. The Morgan fingerprint density at radius 3 is 2.67 bits per heavy atom. The highest BCUT2D eigenvalue weighted by atomic mass is 16.3. The zero-order chi connectivity index (χ0) is 14.9. The van der Waals surface area contributed by atoms with Gasteiger partial charge in [-0.3, -0.25) is 0 Å². The lowest BCUT2D eigenvalue weighted by Crippen LogP contribution is -2.42. The van der Waals surface area contributed by atoms with Gasteiger partial charge in [-0.15, -0.1) is 0 Å². The number of aromatic hydroxyl groups is 1. The Labute approximate surface area is 126 Å². The summed E-state index contributed by atoms with van der Waals surface area (Å²) >= 11 is 0. The van der Waals surface area contributed by atoms with Crippen molar-refractivity contribution in [2.24, 2.45) is 0 Å². The van der Waals surface area contributed by atoms with Gasteiger partial charge < -0.3 is 20.6 Å². The van der Waals surface area contributed by atoms with Crippen molar-refractivity contribution >= 4 is 6.03 Å². The minimum atomic E-state index is -0.118. The minimum absolute atomic E-state index is 0.118. The molecule has 1 aliphatic rings. The second-order valence-corrected chi connectivity index (χ2v) is 5.50. The van der Waals surface area contributed by atoms with Gasteiger partial charge in [-0.05, 0) is 50.0 Å². The molecule has 1 saturated heterocycles. The molecular weight excluding hydrogens is 266 g/mol. The predicted molar refractivity (Wildman–Crippen MR) is 83.5 cm³/mol. The third-order valence-corrected chi connectivity index (χ3v) is 3.77. The maximum absolute atomic E-state index is 11.7. The van der Waals surface area contributed by atoms with Crippen LogP contribution >= 0.6 is 0 Å². The number of nitrogens with one attached hydrogen (secondary N) is 2. The molecule has 0 atom stereocenters. The van der Waals surface area contributed by atoms with E-state index in [2.05, 4.69) is 15.5 Å². The van der Waals surface area contributed by atoms with Crippen LogP contribution in [-0.4, -0.2) is 48.8 Å². The molecule has 0 unspecified atom stereocenters. The normalized spacial score (nSPS) is 15.6. The van der Waals surface area contributed by atoms with Crippen LogP contribution in [0.2, 0.25) is 0 Å². The molecule has 0 saturated carbocycles. The number of hydrogen-bond acceptors (Lipinski definition) is 3. The molecule has 5 nitrogen and oxygen atoms in total. The third kappa shape index (κ3) is 6.04. The van der Waals surface area contributed by atoms with E-state index in [1.807, 2.05) is 12.1 Å². The SMILES string of the molecule is O=C(NCCc1cccc(O)c1)NCCN1CCCCC1. The molecule has 21 heavy (non-hydrogen) atoms. The Bertz CT molecular complexity index is 445. The average molecular weight is 291 g/mol. The number of likely N-dealkylation sites (tertiary alicyclic amines) is 1. The van der Waals surface area contributed by atoms with Crippen molar-refractivity contribution in [2.75, 3.05) is 32.7 Å². The van der Waals surface area contributed by atoms with Crippen LogP contribution in [0.4, 0.5) is 4.79 Å². The number of phenolic OH excluding ortho intramolecular Hbond substituents is 1. The van der Waals surface area contributed by atoms with Gasteiger partial charge in [0.25, 0.3) is 0 Å². The fourth-order valence-corrected chi connectivity index (χ4v) is 2.61. The summed E-state index contributed by atoms with van der Waals surface area (Å²) in [6, 6.07) is 6.99. The fraction of sp³-hybridized carbons (Fsp3) is 0.562. The molecule has 1 aromatic carbocycles. The second kappa shape index (κ2) is 8.52. The van der Waals surface area contributed by atoms with E-state index in [0.717, 1.165) is 25.2 Å². The van der Waals surface area contributed by atoms with Crippen molar-refractivity contribution in [3.8, 4) is 5.75 Å². The average Bonchev–Trinajstić information content (AvgIpc) is 2.48. The maximum atomic E-state index is 11.7. The number of carbonyl (C=O) groups excluding carboxylic acids is 1. The molecule has 0 spiro atoms.